The Hall–Kier alpha value is -5.75. The monoisotopic (exact) mass is 1200 g/mol. The lowest BCUT2D eigenvalue weighted by molar-refractivity contribution is -0.138. The molecule has 6 aromatic rings. The Bertz CT molecular complexity index is 3230. The number of hydrogen-bond donors (Lipinski definition) is 0. The van der Waals surface area contributed by atoms with Crippen molar-refractivity contribution in [2.75, 3.05) is 102 Å². The molecular weight excluding hydrogens is 1110 g/mol. The van der Waals surface area contributed by atoms with E-state index >= 15 is 4.79 Å². The number of nitrogens with zero attached hydrogens (tertiary/aromatic N) is 6. The van der Waals surface area contributed by atoms with Gasteiger partial charge in [0.1, 0.15) is 0 Å². The summed E-state index contributed by atoms with van der Waals surface area (Å²) >= 11 is 0. The molecule has 86 heavy (non-hydrogen) atoms. The van der Waals surface area contributed by atoms with Gasteiger partial charge in [0.15, 0.2) is 5.78 Å². The van der Waals surface area contributed by atoms with E-state index < -0.39 is 32.1 Å². The first-order valence-electron chi connectivity index (χ1n) is 31.8. The molecule has 15 heteroatoms. The molecule has 0 bridgehead atoms. The molecule has 4 saturated heterocycles. The van der Waals surface area contributed by atoms with Crippen LogP contribution in [0.5, 0.6) is 0 Å². The second-order valence-corrected chi connectivity index (χ2v) is 28.6. The van der Waals surface area contributed by atoms with Crippen molar-refractivity contribution in [2.24, 2.45) is 0 Å². The lowest BCUT2D eigenvalue weighted by Gasteiger charge is -2.42. The molecule has 6 unspecified atom stereocenters. The summed E-state index contributed by atoms with van der Waals surface area (Å²) in [6.07, 6.45) is 19.8. The Balaban J connectivity index is 0.946. The molecule has 0 N–H and O–H groups in total. The van der Waals surface area contributed by atoms with Crippen LogP contribution in [0.2, 0.25) is 0 Å². The summed E-state index contributed by atoms with van der Waals surface area (Å²) in [5.41, 5.74) is 6.47. The van der Waals surface area contributed by atoms with Crippen molar-refractivity contribution in [3.63, 3.8) is 0 Å². The summed E-state index contributed by atoms with van der Waals surface area (Å²) in [6, 6.07) is 43.7. The highest BCUT2D eigenvalue weighted by molar-refractivity contribution is 7.89. The molecule has 4 fully saturated rings. The number of ketones is 1. The first-order valence-corrected chi connectivity index (χ1v) is 35.0. The summed E-state index contributed by atoms with van der Waals surface area (Å²) in [4.78, 5) is 25.7. The molecule has 0 radical (unpaired) electrons. The zero-order valence-corrected chi connectivity index (χ0v) is 52.9. The van der Waals surface area contributed by atoms with E-state index in [9.17, 15) is 16.8 Å². The Morgan fingerprint density at radius 2 is 0.860 bits per heavy atom. The van der Waals surface area contributed by atoms with E-state index in [0.717, 1.165) is 132 Å². The number of likely N-dealkylation sites (tertiary alicyclic amines) is 2. The molecule has 4 aliphatic heterocycles. The zero-order chi connectivity index (χ0) is 60.0. The predicted octanol–water partition coefficient (Wildman–Crippen LogP) is 12.8. The van der Waals surface area contributed by atoms with Crippen LogP contribution in [0.3, 0.4) is 0 Å². The van der Waals surface area contributed by atoms with E-state index in [1.165, 1.54) is 0 Å². The molecule has 460 valence electrons. The third-order valence-corrected chi connectivity index (χ3v) is 22.1. The molecule has 0 aromatic heterocycles. The SMILES string of the molecule is CN(C)c1ccc(C2CCCCCN2C(COCC2CCCCN2S(=O)(=O)CC=Cc2cccc3ccccc23)C(=O)C(COCC2CCCCN2S(=O)(=O)CC=Cc2cccc3ccccc23)N2CCCCCC2c2ccc(N(C)C)cc2)cc1. The fourth-order valence-electron chi connectivity index (χ4n) is 13.8. The Labute approximate surface area is 513 Å². The number of rotatable bonds is 24. The number of carbonyl (C=O) groups excluding carboxylic acids is 1. The second-order valence-electron chi connectivity index (χ2n) is 24.7. The number of Topliss-reactive ketones (excluding diaryl/α,β-unsaturated/α-hetero) is 1. The van der Waals surface area contributed by atoms with Gasteiger partial charge >= 0.3 is 0 Å². The summed E-state index contributed by atoms with van der Waals surface area (Å²) in [5, 5.41) is 4.36. The second kappa shape index (κ2) is 30.0. The quantitative estimate of drug-likeness (QED) is 0.0575. The van der Waals surface area contributed by atoms with Gasteiger partial charge in [-0.3, -0.25) is 14.6 Å². The summed E-state index contributed by atoms with van der Waals surface area (Å²) < 4.78 is 74.9. The molecule has 0 amide bonds. The normalized spacial score (nSPS) is 21.8. The smallest absolute Gasteiger partial charge is 0.218 e. The highest BCUT2D eigenvalue weighted by atomic mass is 32.2. The number of fused-ring (bicyclic) bond motifs is 2. The van der Waals surface area contributed by atoms with Crippen molar-refractivity contribution in [3.8, 4) is 0 Å². The van der Waals surface area contributed by atoms with Crippen LogP contribution in [0.1, 0.15) is 124 Å². The molecule has 13 nitrogen and oxygen atoms in total. The van der Waals surface area contributed by atoms with Crippen molar-refractivity contribution < 1.29 is 31.1 Å². The molecule has 0 spiro atoms. The molecule has 4 aliphatic rings. The minimum absolute atomic E-state index is 0.0250. The molecular formula is C71H92N6O7S2. The zero-order valence-electron chi connectivity index (χ0n) is 51.3. The van der Waals surface area contributed by atoms with Gasteiger partial charge in [0.2, 0.25) is 20.0 Å². The first-order chi connectivity index (χ1) is 41.8. The minimum atomic E-state index is -3.72. The van der Waals surface area contributed by atoms with Gasteiger partial charge in [-0.15, -0.1) is 0 Å². The van der Waals surface area contributed by atoms with E-state index in [1.807, 2.05) is 88.9 Å². The number of sulfonamides is 2. The van der Waals surface area contributed by atoms with E-state index in [-0.39, 0.29) is 67.9 Å². The van der Waals surface area contributed by atoms with E-state index in [0.29, 0.717) is 39.0 Å². The average Bonchev–Trinajstić information content (AvgIpc) is 2.30. The Kier molecular flexibility index (Phi) is 22.0. The largest absolute Gasteiger partial charge is 0.378 e. The average molecular weight is 1210 g/mol. The lowest BCUT2D eigenvalue weighted by atomic mass is 9.93. The van der Waals surface area contributed by atoms with Crippen LogP contribution in [0, 0.1) is 0 Å². The van der Waals surface area contributed by atoms with Gasteiger partial charge < -0.3 is 19.3 Å². The molecule has 0 saturated carbocycles. The fourth-order valence-corrected chi connectivity index (χ4v) is 17.0. The molecule has 4 heterocycles. The Morgan fingerprint density at radius 1 is 0.477 bits per heavy atom. The van der Waals surface area contributed by atoms with Gasteiger partial charge in [-0.25, -0.2) is 16.8 Å². The number of anilines is 2. The number of piperidine rings is 2. The van der Waals surface area contributed by atoms with Crippen molar-refractivity contribution in [1.29, 1.82) is 0 Å². The standard InChI is InChI=1S/C71H92N6O7S2/c1-72(2)61-41-37-59(38-42-61)67-35-7-5-15-45-74(67)69(53-83-51-63-31-13-17-47-76(63)85(79,80)49-21-29-57-27-19-25-55-23-9-11-33-65(55)57)71(78)70(75-46-16-6-8-36-68(75)60-39-43-62(44-40-60)73(3)4)54-84-52-64-32-14-18-48-77(64)86(81,82)50-22-30-58-28-20-26-56-24-10-12-34-66(56)58/h9-12,19-30,33-34,37-44,63-64,67-70H,5-8,13-18,31-32,35-36,45-54H2,1-4H3. The topological polar surface area (TPSA) is 123 Å². The molecule has 6 aromatic carbocycles. The lowest BCUT2D eigenvalue weighted by Crippen LogP contribution is -2.57. The van der Waals surface area contributed by atoms with E-state index in [1.54, 1.807) is 20.8 Å². The Morgan fingerprint density at radius 3 is 1.28 bits per heavy atom. The van der Waals surface area contributed by atoms with Crippen LogP contribution in [0.4, 0.5) is 11.4 Å². The first kappa shape index (κ1) is 63.3. The molecule has 10 rings (SSSR count). The maximum Gasteiger partial charge on any atom is 0.218 e. The highest BCUT2D eigenvalue weighted by Gasteiger charge is 2.43. The highest BCUT2D eigenvalue weighted by Crippen LogP contribution is 2.38. The third-order valence-electron chi connectivity index (χ3n) is 18.5. The van der Waals surface area contributed by atoms with Gasteiger partial charge in [-0.05, 0) is 133 Å². The fraction of sp³-hybridized carbons (Fsp3) is 0.479. The molecule has 0 aliphatic carbocycles. The summed E-state index contributed by atoms with van der Waals surface area (Å²) in [7, 11) is 0.760. The summed E-state index contributed by atoms with van der Waals surface area (Å²) in [6.45, 7) is 2.74. The summed E-state index contributed by atoms with van der Waals surface area (Å²) in [5.74, 6) is -0.225. The van der Waals surface area contributed by atoms with E-state index in [4.69, 9.17) is 9.47 Å². The van der Waals surface area contributed by atoms with Crippen molar-refractivity contribution in [1.82, 2.24) is 18.4 Å². The van der Waals surface area contributed by atoms with Crippen LogP contribution in [-0.4, -0.2) is 157 Å². The predicted molar refractivity (Wildman–Crippen MR) is 354 cm³/mol. The number of hydrogen-bond acceptors (Lipinski definition) is 11. The van der Waals surface area contributed by atoms with Gasteiger partial charge in [-0.2, -0.15) is 8.61 Å². The van der Waals surface area contributed by atoms with Crippen LogP contribution in [-0.2, 0) is 34.3 Å². The van der Waals surface area contributed by atoms with Crippen molar-refractivity contribution in [2.45, 2.75) is 126 Å². The van der Waals surface area contributed by atoms with E-state index in [2.05, 4.69) is 105 Å². The van der Waals surface area contributed by atoms with Crippen LogP contribution in [0.15, 0.2) is 146 Å². The number of ether oxygens (including phenoxy) is 2. The van der Waals surface area contributed by atoms with Crippen molar-refractivity contribution in [3.05, 3.63) is 168 Å². The third kappa shape index (κ3) is 15.7. The number of benzene rings is 6. The van der Waals surface area contributed by atoms with Crippen LogP contribution >= 0.6 is 0 Å². The van der Waals surface area contributed by atoms with Crippen LogP contribution < -0.4 is 9.80 Å². The van der Waals surface area contributed by atoms with Gasteiger partial charge in [0, 0.05) is 76.8 Å². The van der Waals surface area contributed by atoms with Gasteiger partial charge in [0.25, 0.3) is 0 Å². The molecule has 6 atom stereocenters. The van der Waals surface area contributed by atoms with Gasteiger partial charge in [0.05, 0.1) is 50.0 Å². The van der Waals surface area contributed by atoms with Crippen LogP contribution in [0.25, 0.3) is 33.7 Å². The maximum atomic E-state index is 16.7. The maximum absolute atomic E-state index is 16.7. The van der Waals surface area contributed by atoms with Gasteiger partial charge in [-0.1, -0.05) is 172 Å². The minimum Gasteiger partial charge on any atom is -0.378 e. The van der Waals surface area contributed by atoms with Crippen molar-refractivity contribution >= 4 is 70.9 Å². The number of carbonyl (C=O) groups is 1.